The van der Waals surface area contributed by atoms with Gasteiger partial charge in [-0.1, -0.05) is 0 Å². The smallest absolute Gasteiger partial charge is 0.117 e. The first-order chi connectivity index (χ1) is 3.55. The summed E-state index contributed by atoms with van der Waals surface area (Å²) in [6.45, 7) is 4.43. The van der Waals surface area contributed by atoms with E-state index < -0.39 is 0 Å². The lowest BCUT2D eigenvalue weighted by Crippen LogP contribution is -2.31. The van der Waals surface area contributed by atoms with Crippen LogP contribution in [0.15, 0.2) is 0 Å². The van der Waals surface area contributed by atoms with Crippen LogP contribution in [0.1, 0.15) is 13.8 Å². The van der Waals surface area contributed by atoms with Crippen molar-refractivity contribution in [2.45, 2.75) is 19.9 Å². The molecule has 8 heavy (non-hydrogen) atoms. The minimum atomic E-state index is 0.443. The summed E-state index contributed by atoms with van der Waals surface area (Å²) in [7, 11) is 2.16. The number of hydrogen-bond donors (Lipinski definition) is 0. The SMILES string of the molecule is CC(C)N(C)[S+](C)C. The van der Waals surface area contributed by atoms with Crippen LogP contribution in [0, 0.1) is 0 Å². The van der Waals surface area contributed by atoms with E-state index in [9.17, 15) is 0 Å². The molecule has 0 saturated heterocycles. The number of nitrogens with zero attached hydrogens (tertiary/aromatic N) is 1. The van der Waals surface area contributed by atoms with E-state index in [0.717, 1.165) is 0 Å². The van der Waals surface area contributed by atoms with E-state index in [1.807, 2.05) is 0 Å². The van der Waals surface area contributed by atoms with Gasteiger partial charge in [-0.25, -0.2) is 0 Å². The summed E-state index contributed by atoms with van der Waals surface area (Å²) in [6, 6.07) is 0.688. The normalized spacial score (nSPS) is 12.0. The summed E-state index contributed by atoms with van der Waals surface area (Å²) in [6.07, 6.45) is 4.47. The highest BCUT2D eigenvalue weighted by atomic mass is 32.2. The van der Waals surface area contributed by atoms with Gasteiger partial charge in [0, 0.05) is 13.1 Å². The minimum Gasteiger partial charge on any atom is -0.127 e. The van der Waals surface area contributed by atoms with E-state index in [-0.39, 0.29) is 0 Å². The van der Waals surface area contributed by atoms with Crippen LogP contribution in [0.4, 0.5) is 0 Å². The Morgan fingerprint density at radius 1 is 1.25 bits per heavy atom. The molecule has 0 aliphatic carbocycles. The summed E-state index contributed by atoms with van der Waals surface area (Å²) >= 11 is 0.443. The lowest BCUT2D eigenvalue weighted by Gasteiger charge is -2.14. The topological polar surface area (TPSA) is 3.24 Å². The first-order valence-corrected chi connectivity index (χ1v) is 4.86. The van der Waals surface area contributed by atoms with Crippen molar-refractivity contribution in [1.29, 1.82) is 0 Å². The Bertz CT molecular complexity index is 53.5. The average molecular weight is 134 g/mol. The molecule has 0 bridgehead atoms. The molecule has 0 spiro atoms. The Kier molecular flexibility index (Phi) is 3.49. The molecule has 50 valence electrons. The molecular weight excluding hydrogens is 118 g/mol. The molecule has 0 aromatic heterocycles. The fourth-order valence-corrected chi connectivity index (χ4v) is 1.26. The van der Waals surface area contributed by atoms with Gasteiger partial charge >= 0.3 is 0 Å². The molecule has 2 heteroatoms. The van der Waals surface area contributed by atoms with Crippen molar-refractivity contribution >= 4 is 11.1 Å². The molecule has 1 nitrogen and oxygen atoms in total. The molecule has 0 aromatic carbocycles. The van der Waals surface area contributed by atoms with E-state index >= 15 is 0 Å². The molecular formula is C6H16NS+. The molecule has 0 heterocycles. The largest absolute Gasteiger partial charge is 0.127 e. The second kappa shape index (κ2) is 3.36. The second-order valence-corrected chi connectivity index (χ2v) is 4.54. The summed E-state index contributed by atoms with van der Waals surface area (Å²) in [5.41, 5.74) is 0. The van der Waals surface area contributed by atoms with Gasteiger partial charge in [-0.15, -0.1) is 4.31 Å². The van der Waals surface area contributed by atoms with Crippen molar-refractivity contribution in [3.8, 4) is 0 Å². The fraction of sp³-hybridized carbons (Fsp3) is 1.00. The quantitative estimate of drug-likeness (QED) is 0.512. The van der Waals surface area contributed by atoms with Gasteiger partial charge in [-0.2, -0.15) is 0 Å². The van der Waals surface area contributed by atoms with Crippen molar-refractivity contribution in [2.75, 3.05) is 19.6 Å². The molecule has 0 radical (unpaired) electrons. The van der Waals surface area contributed by atoms with Crippen molar-refractivity contribution in [3.05, 3.63) is 0 Å². The maximum absolute atomic E-state index is 2.36. The lowest BCUT2D eigenvalue weighted by atomic mass is 10.4. The molecule has 0 amide bonds. The van der Waals surface area contributed by atoms with Gasteiger partial charge < -0.3 is 0 Å². The minimum absolute atomic E-state index is 0.443. The third kappa shape index (κ3) is 2.58. The van der Waals surface area contributed by atoms with Crippen molar-refractivity contribution in [2.24, 2.45) is 0 Å². The van der Waals surface area contributed by atoms with Crippen LogP contribution in [0.3, 0.4) is 0 Å². The van der Waals surface area contributed by atoms with Crippen molar-refractivity contribution in [1.82, 2.24) is 4.31 Å². The molecule has 0 atom stereocenters. The van der Waals surface area contributed by atoms with Crippen LogP contribution in [-0.2, 0) is 11.1 Å². The van der Waals surface area contributed by atoms with E-state index in [1.165, 1.54) is 0 Å². The highest BCUT2D eigenvalue weighted by molar-refractivity contribution is 7.93. The predicted octanol–water partition coefficient (Wildman–Crippen LogP) is 1.12. The van der Waals surface area contributed by atoms with Crippen LogP contribution in [0.25, 0.3) is 0 Å². The van der Waals surface area contributed by atoms with Gasteiger partial charge in [0.2, 0.25) is 0 Å². The van der Waals surface area contributed by atoms with Crippen LogP contribution in [0.5, 0.6) is 0 Å². The fourth-order valence-electron chi connectivity index (χ4n) is 0.422. The molecule has 0 N–H and O–H groups in total. The molecule has 0 aromatic rings. The summed E-state index contributed by atoms with van der Waals surface area (Å²) in [5, 5.41) is 0. The van der Waals surface area contributed by atoms with E-state index in [4.69, 9.17) is 0 Å². The van der Waals surface area contributed by atoms with Crippen LogP contribution < -0.4 is 0 Å². The predicted molar refractivity (Wildman–Crippen MR) is 42.1 cm³/mol. The summed E-state index contributed by atoms with van der Waals surface area (Å²) < 4.78 is 2.36. The third-order valence-corrected chi connectivity index (χ3v) is 2.88. The first kappa shape index (κ1) is 8.31. The highest BCUT2D eigenvalue weighted by Crippen LogP contribution is 1.99. The Hall–Kier alpha value is 0.310. The van der Waals surface area contributed by atoms with Gasteiger partial charge in [-0.05, 0) is 13.8 Å². The summed E-state index contributed by atoms with van der Waals surface area (Å²) in [4.78, 5) is 0. The Morgan fingerprint density at radius 2 is 1.62 bits per heavy atom. The second-order valence-electron chi connectivity index (χ2n) is 2.41. The van der Waals surface area contributed by atoms with E-state index in [2.05, 4.69) is 37.7 Å². The van der Waals surface area contributed by atoms with Gasteiger partial charge in [-0.3, -0.25) is 0 Å². The van der Waals surface area contributed by atoms with Gasteiger partial charge in [0.1, 0.15) is 12.5 Å². The standard InChI is InChI=1S/C6H16NS/c1-6(2)7(3)8(4)5/h6H,1-5H3/q+1. The van der Waals surface area contributed by atoms with Crippen molar-refractivity contribution < 1.29 is 0 Å². The van der Waals surface area contributed by atoms with E-state index in [1.54, 1.807) is 0 Å². The molecule has 0 aliphatic heterocycles. The lowest BCUT2D eigenvalue weighted by molar-refractivity contribution is 0.463. The Balaban J connectivity index is 3.46. The van der Waals surface area contributed by atoms with Crippen molar-refractivity contribution in [3.63, 3.8) is 0 Å². The zero-order valence-corrected chi connectivity index (χ0v) is 7.25. The van der Waals surface area contributed by atoms with E-state index in [0.29, 0.717) is 17.1 Å². The average Bonchev–Trinajstić information content (AvgIpc) is 1.64. The zero-order chi connectivity index (χ0) is 6.73. The zero-order valence-electron chi connectivity index (χ0n) is 6.43. The molecule has 0 fully saturated rings. The Labute approximate surface area is 55.6 Å². The van der Waals surface area contributed by atoms with Gasteiger partial charge in [0.25, 0.3) is 0 Å². The summed E-state index contributed by atoms with van der Waals surface area (Å²) in [5.74, 6) is 0. The number of rotatable bonds is 2. The highest BCUT2D eigenvalue weighted by Gasteiger charge is 2.14. The number of hydrogen-bond acceptors (Lipinski definition) is 1. The molecule has 0 rings (SSSR count). The Morgan fingerprint density at radius 3 is 1.62 bits per heavy atom. The van der Waals surface area contributed by atoms with Gasteiger partial charge in [0.05, 0.1) is 11.1 Å². The van der Waals surface area contributed by atoms with Gasteiger partial charge in [0.15, 0.2) is 0 Å². The van der Waals surface area contributed by atoms with Crippen LogP contribution >= 0.6 is 0 Å². The molecule has 0 aliphatic rings. The maximum atomic E-state index is 2.36. The monoisotopic (exact) mass is 134 g/mol. The van der Waals surface area contributed by atoms with Crippen LogP contribution in [-0.4, -0.2) is 29.9 Å². The molecule has 0 saturated carbocycles. The first-order valence-electron chi connectivity index (χ1n) is 2.86. The maximum Gasteiger partial charge on any atom is 0.117 e. The molecule has 0 unspecified atom stereocenters. The van der Waals surface area contributed by atoms with Crippen LogP contribution in [0.2, 0.25) is 0 Å². The third-order valence-electron chi connectivity index (χ3n) is 1.30.